The van der Waals surface area contributed by atoms with Gasteiger partial charge in [-0.05, 0) is 40.0 Å². The number of carbonyl (C=O) groups is 1. The standard InChI is InChI=1S/C16H25N3O3/c1-16(2,3)22-15(21)18-9-7-12-11(10-18)14-13(20)6-4-5-8-19(14)17-12/h13,20H,4-10H2,1-3H3. The molecule has 0 fully saturated rings. The van der Waals surface area contributed by atoms with Crippen LogP contribution in [0, 0.1) is 0 Å². The Kier molecular flexibility index (Phi) is 3.89. The highest BCUT2D eigenvalue weighted by atomic mass is 16.6. The summed E-state index contributed by atoms with van der Waals surface area (Å²) in [5.41, 5.74) is 2.45. The fourth-order valence-corrected chi connectivity index (χ4v) is 3.21. The predicted molar refractivity (Wildman–Crippen MR) is 81.4 cm³/mol. The molecule has 0 saturated carbocycles. The Balaban J connectivity index is 1.83. The van der Waals surface area contributed by atoms with Gasteiger partial charge in [0.1, 0.15) is 5.60 Å². The Labute approximate surface area is 131 Å². The minimum atomic E-state index is -0.493. The maximum absolute atomic E-state index is 12.3. The zero-order valence-electron chi connectivity index (χ0n) is 13.6. The number of aryl methyl sites for hydroxylation is 1. The summed E-state index contributed by atoms with van der Waals surface area (Å²) in [5, 5.41) is 15.0. The Morgan fingerprint density at radius 3 is 2.82 bits per heavy atom. The summed E-state index contributed by atoms with van der Waals surface area (Å²) in [5.74, 6) is 0. The number of aliphatic hydroxyl groups is 1. The first kappa shape index (κ1) is 15.3. The third-order valence-electron chi connectivity index (χ3n) is 4.21. The zero-order chi connectivity index (χ0) is 15.9. The van der Waals surface area contributed by atoms with E-state index in [4.69, 9.17) is 4.74 Å². The van der Waals surface area contributed by atoms with E-state index in [0.29, 0.717) is 13.1 Å². The number of fused-ring (bicyclic) bond motifs is 3. The lowest BCUT2D eigenvalue weighted by molar-refractivity contribution is 0.0221. The molecule has 6 heteroatoms. The van der Waals surface area contributed by atoms with Crippen LogP contribution in [0.2, 0.25) is 0 Å². The van der Waals surface area contributed by atoms with Gasteiger partial charge in [-0.2, -0.15) is 5.10 Å². The number of aliphatic hydroxyl groups excluding tert-OH is 1. The second-order valence-electron chi connectivity index (χ2n) is 7.20. The van der Waals surface area contributed by atoms with E-state index in [1.54, 1.807) is 4.90 Å². The van der Waals surface area contributed by atoms with Crippen LogP contribution in [0.1, 0.15) is 63.1 Å². The zero-order valence-corrected chi connectivity index (χ0v) is 13.6. The van der Waals surface area contributed by atoms with E-state index in [-0.39, 0.29) is 6.09 Å². The molecule has 3 rings (SSSR count). The summed E-state index contributed by atoms with van der Waals surface area (Å²) in [6, 6.07) is 0. The van der Waals surface area contributed by atoms with Gasteiger partial charge >= 0.3 is 6.09 Å². The second-order valence-corrected chi connectivity index (χ2v) is 7.20. The van der Waals surface area contributed by atoms with Gasteiger partial charge in [0.05, 0.1) is 24.0 Å². The summed E-state index contributed by atoms with van der Waals surface area (Å²) >= 11 is 0. The van der Waals surface area contributed by atoms with Crippen molar-refractivity contribution in [3.63, 3.8) is 0 Å². The number of carbonyl (C=O) groups excluding carboxylic acids is 1. The van der Waals surface area contributed by atoms with Gasteiger partial charge in [0, 0.05) is 25.1 Å². The monoisotopic (exact) mass is 307 g/mol. The number of aromatic nitrogens is 2. The summed E-state index contributed by atoms with van der Waals surface area (Å²) in [6.07, 6.45) is 2.78. The van der Waals surface area contributed by atoms with Crippen LogP contribution >= 0.6 is 0 Å². The largest absolute Gasteiger partial charge is 0.444 e. The molecular formula is C16H25N3O3. The molecule has 0 spiro atoms. The van der Waals surface area contributed by atoms with Crippen molar-refractivity contribution in [3.05, 3.63) is 17.0 Å². The van der Waals surface area contributed by atoms with Crippen molar-refractivity contribution in [2.24, 2.45) is 0 Å². The van der Waals surface area contributed by atoms with E-state index >= 15 is 0 Å². The molecule has 0 bridgehead atoms. The predicted octanol–water partition coefficient (Wildman–Crippen LogP) is 2.39. The molecule has 1 aromatic heterocycles. The topological polar surface area (TPSA) is 67.6 Å². The first-order valence-corrected chi connectivity index (χ1v) is 8.09. The Morgan fingerprint density at radius 2 is 2.09 bits per heavy atom. The SMILES string of the molecule is CC(C)(C)OC(=O)N1CCc2nn3c(c2C1)C(O)CCCC3. The number of nitrogens with zero attached hydrogens (tertiary/aromatic N) is 3. The van der Waals surface area contributed by atoms with Crippen LogP contribution in [0.25, 0.3) is 0 Å². The molecule has 6 nitrogen and oxygen atoms in total. The number of ether oxygens (including phenoxy) is 1. The number of hydrogen-bond donors (Lipinski definition) is 1. The normalized spacial score (nSPS) is 21.8. The van der Waals surface area contributed by atoms with E-state index in [0.717, 1.165) is 49.2 Å². The first-order chi connectivity index (χ1) is 10.3. The molecule has 1 aromatic rings. The summed E-state index contributed by atoms with van der Waals surface area (Å²) in [4.78, 5) is 14.0. The Bertz CT molecular complexity index is 574. The van der Waals surface area contributed by atoms with Gasteiger partial charge in [-0.25, -0.2) is 4.79 Å². The highest BCUT2D eigenvalue weighted by molar-refractivity contribution is 5.68. The molecule has 0 radical (unpaired) electrons. The van der Waals surface area contributed by atoms with Gasteiger partial charge in [0.2, 0.25) is 0 Å². The lowest BCUT2D eigenvalue weighted by atomic mass is 10.0. The van der Waals surface area contributed by atoms with E-state index in [9.17, 15) is 9.90 Å². The lowest BCUT2D eigenvalue weighted by Gasteiger charge is -2.30. The molecule has 1 N–H and O–H groups in total. The van der Waals surface area contributed by atoms with Crippen LogP contribution in [0.15, 0.2) is 0 Å². The Hall–Kier alpha value is -1.56. The number of amides is 1. The molecule has 1 unspecified atom stereocenters. The molecule has 2 aliphatic heterocycles. The van der Waals surface area contributed by atoms with Gasteiger partial charge < -0.3 is 14.7 Å². The van der Waals surface area contributed by atoms with Crippen LogP contribution in [-0.2, 0) is 24.2 Å². The van der Waals surface area contributed by atoms with Gasteiger partial charge in [-0.1, -0.05) is 0 Å². The van der Waals surface area contributed by atoms with Crippen molar-refractivity contribution >= 4 is 6.09 Å². The molecular weight excluding hydrogens is 282 g/mol. The average Bonchev–Trinajstić information content (AvgIpc) is 2.68. The molecule has 0 aromatic carbocycles. The van der Waals surface area contributed by atoms with Crippen molar-refractivity contribution in [1.29, 1.82) is 0 Å². The van der Waals surface area contributed by atoms with E-state index in [2.05, 4.69) is 5.10 Å². The summed E-state index contributed by atoms with van der Waals surface area (Å²) < 4.78 is 7.41. The van der Waals surface area contributed by atoms with Crippen molar-refractivity contribution in [2.75, 3.05) is 6.54 Å². The molecule has 1 amide bonds. The summed E-state index contributed by atoms with van der Waals surface area (Å²) in [6.45, 7) is 7.57. The van der Waals surface area contributed by atoms with Gasteiger partial charge in [-0.3, -0.25) is 4.68 Å². The van der Waals surface area contributed by atoms with Gasteiger partial charge in [0.25, 0.3) is 0 Å². The van der Waals surface area contributed by atoms with Gasteiger partial charge in [0.15, 0.2) is 0 Å². The van der Waals surface area contributed by atoms with Crippen LogP contribution in [0.3, 0.4) is 0 Å². The van der Waals surface area contributed by atoms with Crippen molar-refractivity contribution < 1.29 is 14.6 Å². The van der Waals surface area contributed by atoms with Crippen molar-refractivity contribution in [1.82, 2.24) is 14.7 Å². The van der Waals surface area contributed by atoms with E-state index < -0.39 is 11.7 Å². The minimum Gasteiger partial charge on any atom is -0.444 e. The molecule has 22 heavy (non-hydrogen) atoms. The van der Waals surface area contributed by atoms with E-state index in [1.807, 2.05) is 25.5 Å². The molecule has 3 heterocycles. The third kappa shape index (κ3) is 2.97. The molecule has 1 atom stereocenters. The fourth-order valence-electron chi connectivity index (χ4n) is 3.21. The summed E-state index contributed by atoms with van der Waals surface area (Å²) in [7, 11) is 0. The quantitative estimate of drug-likeness (QED) is 0.799. The number of rotatable bonds is 0. The number of hydrogen-bond acceptors (Lipinski definition) is 4. The Morgan fingerprint density at radius 1 is 1.32 bits per heavy atom. The van der Waals surface area contributed by atoms with Crippen LogP contribution < -0.4 is 0 Å². The highest BCUT2D eigenvalue weighted by Crippen LogP contribution is 2.32. The molecule has 0 aliphatic carbocycles. The average molecular weight is 307 g/mol. The van der Waals surface area contributed by atoms with Crippen molar-refractivity contribution in [2.45, 2.75) is 71.2 Å². The minimum absolute atomic E-state index is 0.291. The van der Waals surface area contributed by atoms with Gasteiger partial charge in [-0.15, -0.1) is 0 Å². The fraction of sp³-hybridized carbons (Fsp3) is 0.750. The van der Waals surface area contributed by atoms with Crippen LogP contribution in [0.4, 0.5) is 4.79 Å². The van der Waals surface area contributed by atoms with Crippen LogP contribution in [0.5, 0.6) is 0 Å². The first-order valence-electron chi connectivity index (χ1n) is 8.09. The van der Waals surface area contributed by atoms with E-state index in [1.165, 1.54) is 0 Å². The molecule has 0 saturated heterocycles. The highest BCUT2D eigenvalue weighted by Gasteiger charge is 2.32. The van der Waals surface area contributed by atoms with Crippen LogP contribution in [-0.4, -0.2) is 38.0 Å². The smallest absolute Gasteiger partial charge is 0.410 e. The maximum atomic E-state index is 12.3. The second kappa shape index (κ2) is 5.57. The van der Waals surface area contributed by atoms with Crippen molar-refractivity contribution in [3.8, 4) is 0 Å². The maximum Gasteiger partial charge on any atom is 0.410 e. The molecule has 2 aliphatic rings. The lowest BCUT2D eigenvalue weighted by Crippen LogP contribution is -2.40. The molecule has 122 valence electrons. The third-order valence-corrected chi connectivity index (χ3v) is 4.21.